The van der Waals surface area contributed by atoms with Crippen LogP contribution in [-0.2, 0) is 6.54 Å². The van der Waals surface area contributed by atoms with Crippen LogP contribution in [0.1, 0.15) is 18.5 Å². The van der Waals surface area contributed by atoms with Crippen LogP contribution in [0.3, 0.4) is 0 Å². The first-order chi connectivity index (χ1) is 9.22. The summed E-state index contributed by atoms with van der Waals surface area (Å²) in [5, 5.41) is 4.28. The van der Waals surface area contributed by atoms with Gasteiger partial charge in [-0.1, -0.05) is 15.9 Å². The van der Waals surface area contributed by atoms with Crippen LogP contribution in [0.4, 0.5) is 0 Å². The molecule has 3 N–H and O–H groups in total. The smallest absolute Gasteiger partial charge is 0.0584 e. The van der Waals surface area contributed by atoms with E-state index in [1.54, 1.807) is 11.8 Å². The zero-order chi connectivity index (χ0) is 13.7. The number of hydrogen-bond donors (Lipinski definition) is 2. The number of hydrogen-bond acceptors (Lipinski definition) is 4. The van der Waals surface area contributed by atoms with Gasteiger partial charge in [-0.2, -0.15) is 5.10 Å². The molecule has 0 amide bonds. The van der Waals surface area contributed by atoms with Crippen LogP contribution in [0.2, 0.25) is 0 Å². The van der Waals surface area contributed by atoms with E-state index in [4.69, 9.17) is 5.84 Å². The number of rotatable bonds is 6. The summed E-state index contributed by atoms with van der Waals surface area (Å²) in [4.78, 5) is 1.23. The van der Waals surface area contributed by atoms with Crippen molar-refractivity contribution in [3.05, 3.63) is 46.7 Å². The molecular formula is C13H17BrN4S. The van der Waals surface area contributed by atoms with Gasteiger partial charge in [-0.3, -0.25) is 16.0 Å². The molecule has 1 atom stereocenters. The van der Waals surface area contributed by atoms with Gasteiger partial charge in [0.1, 0.15) is 0 Å². The monoisotopic (exact) mass is 340 g/mol. The predicted molar refractivity (Wildman–Crippen MR) is 82.8 cm³/mol. The molecular weight excluding hydrogens is 324 g/mol. The van der Waals surface area contributed by atoms with Gasteiger partial charge in [0.15, 0.2) is 0 Å². The molecule has 0 aliphatic carbocycles. The number of hydrazine groups is 1. The SMILES string of the molecule is CCn1cc(C(CSc2ccc(Br)cc2)NN)cn1. The van der Waals surface area contributed by atoms with Gasteiger partial charge in [0.25, 0.3) is 0 Å². The lowest BCUT2D eigenvalue weighted by atomic mass is 10.2. The zero-order valence-corrected chi connectivity index (χ0v) is 13.1. The number of benzene rings is 1. The highest BCUT2D eigenvalue weighted by Gasteiger charge is 2.12. The summed E-state index contributed by atoms with van der Waals surface area (Å²) < 4.78 is 3.00. The third-order valence-corrected chi connectivity index (χ3v) is 4.45. The van der Waals surface area contributed by atoms with Crippen molar-refractivity contribution in [1.82, 2.24) is 15.2 Å². The Bertz CT molecular complexity index is 512. The molecule has 0 aliphatic rings. The molecule has 19 heavy (non-hydrogen) atoms. The van der Waals surface area contributed by atoms with Gasteiger partial charge >= 0.3 is 0 Å². The minimum absolute atomic E-state index is 0.106. The zero-order valence-electron chi connectivity index (χ0n) is 10.7. The topological polar surface area (TPSA) is 55.9 Å². The van der Waals surface area contributed by atoms with E-state index in [2.05, 4.69) is 45.5 Å². The maximum atomic E-state index is 5.64. The summed E-state index contributed by atoms with van der Waals surface area (Å²) in [7, 11) is 0. The molecule has 2 aromatic rings. The van der Waals surface area contributed by atoms with Crippen molar-refractivity contribution >= 4 is 27.7 Å². The first kappa shape index (κ1) is 14.6. The Kier molecular flexibility index (Phi) is 5.45. The van der Waals surface area contributed by atoms with Gasteiger partial charge in [0.2, 0.25) is 0 Å². The standard InChI is InChI=1S/C13H17BrN4S/c1-2-18-8-10(7-16-18)13(17-15)9-19-12-5-3-11(14)4-6-12/h3-8,13,17H,2,9,15H2,1H3. The summed E-state index contributed by atoms with van der Waals surface area (Å²) in [6.45, 7) is 2.94. The van der Waals surface area contributed by atoms with Crippen molar-refractivity contribution in [3.8, 4) is 0 Å². The molecule has 1 heterocycles. The number of nitrogens with zero attached hydrogens (tertiary/aromatic N) is 2. The van der Waals surface area contributed by atoms with E-state index in [1.165, 1.54) is 4.90 Å². The minimum Gasteiger partial charge on any atom is -0.273 e. The van der Waals surface area contributed by atoms with Crippen molar-refractivity contribution in [2.75, 3.05) is 5.75 Å². The second-order valence-corrected chi connectivity index (χ2v) is 6.12. The van der Waals surface area contributed by atoms with Gasteiger partial charge in [0.05, 0.1) is 12.2 Å². The lowest BCUT2D eigenvalue weighted by Crippen LogP contribution is -2.29. The average molecular weight is 341 g/mol. The highest BCUT2D eigenvalue weighted by atomic mass is 79.9. The first-order valence-corrected chi connectivity index (χ1v) is 7.87. The van der Waals surface area contributed by atoms with E-state index in [1.807, 2.05) is 29.2 Å². The van der Waals surface area contributed by atoms with Crippen molar-refractivity contribution in [3.63, 3.8) is 0 Å². The van der Waals surface area contributed by atoms with Crippen LogP contribution >= 0.6 is 27.7 Å². The Labute approximate surface area is 125 Å². The molecule has 0 spiro atoms. The predicted octanol–water partition coefficient (Wildman–Crippen LogP) is 2.96. The molecule has 0 fully saturated rings. The number of halogens is 1. The third-order valence-electron chi connectivity index (χ3n) is 2.81. The molecule has 0 radical (unpaired) electrons. The van der Waals surface area contributed by atoms with Gasteiger partial charge in [-0.05, 0) is 31.2 Å². The van der Waals surface area contributed by atoms with Gasteiger partial charge in [-0.15, -0.1) is 11.8 Å². The quantitative estimate of drug-likeness (QED) is 0.482. The molecule has 1 aromatic heterocycles. The normalized spacial score (nSPS) is 12.6. The van der Waals surface area contributed by atoms with Crippen LogP contribution in [0, 0.1) is 0 Å². The average Bonchev–Trinajstić information content (AvgIpc) is 2.90. The Morgan fingerprint density at radius 1 is 1.42 bits per heavy atom. The Morgan fingerprint density at radius 2 is 2.16 bits per heavy atom. The molecule has 102 valence electrons. The fraction of sp³-hybridized carbons (Fsp3) is 0.308. The molecule has 2 rings (SSSR count). The number of nitrogens with two attached hydrogens (primary N) is 1. The molecule has 6 heteroatoms. The van der Waals surface area contributed by atoms with Crippen LogP contribution in [0.5, 0.6) is 0 Å². The molecule has 4 nitrogen and oxygen atoms in total. The number of thioether (sulfide) groups is 1. The molecule has 0 aliphatic heterocycles. The second-order valence-electron chi connectivity index (χ2n) is 4.11. The Balaban J connectivity index is 1.97. The van der Waals surface area contributed by atoms with E-state index < -0.39 is 0 Å². The van der Waals surface area contributed by atoms with Crippen molar-refractivity contribution in [2.45, 2.75) is 24.4 Å². The van der Waals surface area contributed by atoms with Gasteiger partial charge in [0, 0.05) is 33.4 Å². The largest absolute Gasteiger partial charge is 0.273 e. The van der Waals surface area contributed by atoms with Crippen molar-refractivity contribution in [2.24, 2.45) is 5.84 Å². The van der Waals surface area contributed by atoms with Crippen LogP contribution < -0.4 is 11.3 Å². The summed E-state index contributed by atoms with van der Waals surface area (Å²) in [6.07, 6.45) is 3.91. The summed E-state index contributed by atoms with van der Waals surface area (Å²) in [6, 6.07) is 8.38. The summed E-state index contributed by atoms with van der Waals surface area (Å²) in [5.41, 5.74) is 3.97. The highest BCUT2D eigenvalue weighted by molar-refractivity contribution is 9.10. The highest BCUT2D eigenvalue weighted by Crippen LogP contribution is 2.25. The summed E-state index contributed by atoms with van der Waals surface area (Å²) >= 11 is 5.21. The second kappa shape index (κ2) is 7.09. The molecule has 1 aromatic carbocycles. The molecule has 0 bridgehead atoms. The van der Waals surface area contributed by atoms with Gasteiger partial charge < -0.3 is 0 Å². The fourth-order valence-corrected chi connectivity index (χ4v) is 2.92. The Morgan fingerprint density at radius 3 is 2.74 bits per heavy atom. The number of nitrogens with one attached hydrogen (secondary N) is 1. The lowest BCUT2D eigenvalue weighted by Gasteiger charge is -2.13. The van der Waals surface area contributed by atoms with Crippen molar-refractivity contribution < 1.29 is 0 Å². The first-order valence-electron chi connectivity index (χ1n) is 6.09. The van der Waals surface area contributed by atoms with E-state index in [0.29, 0.717) is 0 Å². The number of aromatic nitrogens is 2. The Hall–Kier alpha value is -0.820. The molecule has 1 unspecified atom stereocenters. The fourth-order valence-electron chi connectivity index (χ4n) is 1.68. The van der Waals surface area contributed by atoms with E-state index >= 15 is 0 Å². The maximum absolute atomic E-state index is 5.64. The van der Waals surface area contributed by atoms with Gasteiger partial charge in [-0.25, -0.2) is 0 Å². The van der Waals surface area contributed by atoms with Crippen molar-refractivity contribution in [1.29, 1.82) is 0 Å². The maximum Gasteiger partial charge on any atom is 0.0584 e. The minimum atomic E-state index is 0.106. The van der Waals surface area contributed by atoms with E-state index in [9.17, 15) is 0 Å². The van der Waals surface area contributed by atoms with E-state index in [-0.39, 0.29) is 6.04 Å². The van der Waals surface area contributed by atoms with E-state index in [0.717, 1.165) is 22.3 Å². The molecule has 0 saturated heterocycles. The molecule has 0 saturated carbocycles. The van der Waals surface area contributed by atoms with Crippen LogP contribution in [0.15, 0.2) is 46.0 Å². The third kappa shape index (κ3) is 4.07. The lowest BCUT2D eigenvalue weighted by molar-refractivity contribution is 0.607. The summed E-state index contributed by atoms with van der Waals surface area (Å²) in [5.74, 6) is 6.50. The number of aryl methyl sites for hydroxylation is 1. The van der Waals surface area contributed by atoms with Crippen LogP contribution in [0.25, 0.3) is 0 Å². The van der Waals surface area contributed by atoms with Crippen LogP contribution in [-0.4, -0.2) is 15.5 Å².